The molecule has 0 aromatic carbocycles. The standard InChI is InChI=1S/C17H22N4O3S/c1-4-6-10-25-17-19-16-18-11(3)13(15(22)23-5-2)14(21(16)20-17)12-8-7-9-24-12/h7-9,14H,4-6,10H2,1-3H3,(H,18,19,20). The van der Waals surface area contributed by atoms with E-state index in [-0.39, 0.29) is 5.97 Å². The topological polar surface area (TPSA) is 82.2 Å². The number of fused-ring (bicyclic) bond motifs is 1. The number of carbonyl (C=O) groups excluding carboxylic acids is 1. The number of hydrogen-bond donors (Lipinski definition) is 1. The van der Waals surface area contributed by atoms with Crippen LogP contribution in [-0.4, -0.2) is 33.1 Å². The van der Waals surface area contributed by atoms with Crippen LogP contribution in [0.25, 0.3) is 0 Å². The van der Waals surface area contributed by atoms with Crippen LogP contribution in [0.4, 0.5) is 5.95 Å². The van der Waals surface area contributed by atoms with E-state index in [9.17, 15) is 4.79 Å². The van der Waals surface area contributed by atoms with Gasteiger partial charge in [0.1, 0.15) is 11.8 Å². The Labute approximate surface area is 150 Å². The van der Waals surface area contributed by atoms with Gasteiger partial charge in [-0.15, -0.1) is 5.10 Å². The molecular weight excluding hydrogens is 340 g/mol. The van der Waals surface area contributed by atoms with Crippen LogP contribution in [0.5, 0.6) is 0 Å². The maximum Gasteiger partial charge on any atom is 0.338 e. The molecule has 0 fully saturated rings. The number of carbonyl (C=O) groups is 1. The Bertz CT molecular complexity index is 767. The highest BCUT2D eigenvalue weighted by molar-refractivity contribution is 7.99. The summed E-state index contributed by atoms with van der Waals surface area (Å²) in [5, 5.41) is 8.44. The maximum absolute atomic E-state index is 12.5. The highest BCUT2D eigenvalue weighted by Gasteiger charge is 2.36. The van der Waals surface area contributed by atoms with E-state index in [2.05, 4.69) is 22.3 Å². The number of ether oxygens (including phenoxy) is 1. The Morgan fingerprint density at radius 2 is 2.32 bits per heavy atom. The van der Waals surface area contributed by atoms with Crippen molar-refractivity contribution < 1.29 is 13.9 Å². The van der Waals surface area contributed by atoms with Crippen molar-refractivity contribution in [3.8, 4) is 0 Å². The zero-order valence-electron chi connectivity index (χ0n) is 14.6. The fourth-order valence-corrected chi connectivity index (χ4v) is 3.60. The van der Waals surface area contributed by atoms with E-state index >= 15 is 0 Å². The summed E-state index contributed by atoms with van der Waals surface area (Å²) in [6, 6.07) is 3.14. The third-order valence-corrected chi connectivity index (χ3v) is 4.79. The third kappa shape index (κ3) is 3.58. The molecule has 0 aliphatic carbocycles. The van der Waals surface area contributed by atoms with Crippen molar-refractivity contribution in [2.45, 2.75) is 44.8 Å². The van der Waals surface area contributed by atoms with Crippen LogP contribution in [0.3, 0.4) is 0 Å². The summed E-state index contributed by atoms with van der Waals surface area (Å²) in [6.45, 7) is 6.09. The Kier molecular flexibility index (Phi) is 5.47. The van der Waals surface area contributed by atoms with E-state index in [0.29, 0.717) is 34.7 Å². The smallest absolute Gasteiger partial charge is 0.338 e. The third-order valence-electron chi connectivity index (χ3n) is 3.87. The number of nitrogens with zero attached hydrogens (tertiary/aromatic N) is 3. The van der Waals surface area contributed by atoms with E-state index in [0.717, 1.165) is 18.6 Å². The molecule has 0 spiro atoms. The lowest BCUT2D eigenvalue weighted by atomic mass is 10.0. The second-order valence-corrected chi connectivity index (χ2v) is 6.73. The Balaban J connectivity index is 1.98. The van der Waals surface area contributed by atoms with Gasteiger partial charge in [-0.3, -0.25) is 0 Å². The van der Waals surface area contributed by atoms with E-state index < -0.39 is 6.04 Å². The first kappa shape index (κ1) is 17.6. The molecule has 0 saturated carbocycles. The van der Waals surface area contributed by atoms with Gasteiger partial charge in [0.15, 0.2) is 0 Å². The van der Waals surface area contributed by atoms with Gasteiger partial charge in [0, 0.05) is 11.4 Å². The largest absolute Gasteiger partial charge is 0.467 e. The van der Waals surface area contributed by atoms with Crippen molar-refractivity contribution in [1.29, 1.82) is 0 Å². The number of anilines is 1. The van der Waals surface area contributed by atoms with Gasteiger partial charge in [-0.1, -0.05) is 25.1 Å². The lowest BCUT2D eigenvalue weighted by molar-refractivity contribution is -0.139. The predicted octanol–water partition coefficient (Wildman–Crippen LogP) is 3.62. The first-order valence-electron chi connectivity index (χ1n) is 8.43. The molecule has 0 bridgehead atoms. The number of furan rings is 1. The molecule has 2 aromatic heterocycles. The molecule has 2 aromatic rings. The Hall–Kier alpha value is -2.22. The summed E-state index contributed by atoms with van der Waals surface area (Å²) in [5.74, 6) is 1.81. The average molecular weight is 362 g/mol. The fourth-order valence-electron chi connectivity index (χ4n) is 2.68. The normalized spacial score (nSPS) is 16.5. The number of rotatable bonds is 7. The van der Waals surface area contributed by atoms with E-state index in [1.807, 2.05) is 13.0 Å². The van der Waals surface area contributed by atoms with Crippen molar-refractivity contribution in [1.82, 2.24) is 14.8 Å². The van der Waals surface area contributed by atoms with Crippen molar-refractivity contribution in [2.75, 3.05) is 17.7 Å². The number of aromatic nitrogens is 3. The monoisotopic (exact) mass is 362 g/mol. The fraction of sp³-hybridized carbons (Fsp3) is 0.471. The molecule has 0 amide bonds. The number of esters is 1. The van der Waals surface area contributed by atoms with Crippen LogP contribution in [0, 0.1) is 0 Å². The van der Waals surface area contributed by atoms with Crippen LogP contribution in [-0.2, 0) is 9.53 Å². The van der Waals surface area contributed by atoms with Gasteiger partial charge in [-0.05, 0) is 32.4 Å². The number of allylic oxidation sites excluding steroid dienone is 1. The first-order chi connectivity index (χ1) is 12.2. The van der Waals surface area contributed by atoms with Crippen molar-refractivity contribution in [2.24, 2.45) is 0 Å². The molecule has 0 saturated heterocycles. The number of nitrogens with one attached hydrogen (secondary N) is 1. The van der Waals surface area contributed by atoms with E-state index in [1.54, 1.807) is 35.7 Å². The minimum Gasteiger partial charge on any atom is -0.467 e. The molecule has 3 heterocycles. The van der Waals surface area contributed by atoms with Crippen LogP contribution in [0.2, 0.25) is 0 Å². The summed E-state index contributed by atoms with van der Waals surface area (Å²) in [7, 11) is 0. The quantitative estimate of drug-likeness (QED) is 0.457. The molecule has 3 rings (SSSR count). The van der Waals surface area contributed by atoms with Gasteiger partial charge in [-0.2, -0.15) is 4.98 Å². The van der Waals surface area contributed by atoms with Crippen LogP contribution < -0.4 is 5.32 Å². The molecule has 1 N–H and O–H groups in total. The summed E-state index contributed by atoms with van der Waals surface area (Å²) in [6.07, 6.45) is 3.82. The second-order valence-electron chi connectivity index (χ2n) is 5.67. The molecule has 7 nitrogen and oxygen atoms in total. The van der Waals surface area contributed by atoms with Gasteiger partial charge >= 0.3 is 5.97 Å². The molecule has 25 heavy (non-hydrogen) atoms. The zero-order valence-corrected chi connectivity index (χ0v) is 15.4. The lowest BCUT2D eigenvalue weighted by Gasteiger charge is -2.26. The van der Waals surface area contributed by atoms with Crippen LogP contribution in [0.15, 0.2) is 39.2 Å². The molecule has 1 aliphatic heterocycles. The highest BCUT2D eigenvalue weighted by Crippen LogP contribution is 2.36. The first-order valence-corrected chi connectivity index (χ1v) is 9.41. The summed E-state index contributed by atoms with van der Waals surface area (Å²) >= 11 is 1.61. The molecule has 0 radical (unpaired) electrons. The molecule has 1 atom stereocenters. The van der Waals surface area contributed by atoms with E-state index in [1.165, 1.54) is 0 Å². The molecule has 1 unspecified atom stereocenters. The Morgan fingerprint density at radius 1 is 1.48 bits per heavy atom. The molecular formula is C17H22N4O3S. The van der Waals surface area contributed by atoms with Crippen molar-refractivity contribution in [3.05, 3.63) is 35.4 Å². The molecule has 134 valence electrons. The van der Waals surface area contributed by atoms with Gasteiger partial charge in [0.2, 0.25) is 11.1 Å². The second kappa shape index (κ2) is 7.77. The molecule has 8 heteroatoms. The number of hydrogen-bond acceptors (Lipinski definition) is 7. The van der Waals surface area contributed by atoms with Crippen LogP contribution >= 0.6 is 11.8 Å². The van der Waals surface area contributed by atoms with Crippen LogP contribution in [0.1, 0.15) is 45.4 Å². The minimum absolute atomic E-state index is 0.308. The predicted molar refractivity (Wildman–Crippen MR) is 95.5 cm³/mol. The summed E-state index contributed by atoms with van der Waals surface area (Å²) < 4.78 is 12.5. The van der Waals surface area contributed by atoms with Gasteiger partial charge in [-0.25, -0.2) is 9.48 Å². The Morgan fingerprint density at radius 3 is 3.00 bits per heavy atom. The van der Waals surface area contributed by atoms with Gasteiger partial charge in [0.05, 0.1) is 18.4 Å². The van der Waals surface area contributed by atoms with E-state index in [4.69, 9.17) is 9.15 Å². The average Bonchev–Trinajstić information content (AvgIpc) is 3.23. The summed E-state index contributed by atoms with van der Waals surface area (Å²) in [4.78, 5) is 17.1. The van der Waals surface area contributed by atoms with Gasteiger partial charge < -0.3 is 14.5 Å². The highest BCUT2D eigenvalue weighted by atomic mass is 32.2. The minimum atomic E-state index is -0.488. The maximum atomic E-state index is 12.5. The van der Waals surface area contributed by atoms with Crippen molar-refractivity contribution in [3.63, 3.8) is 0 Å². The lowest BCUT2D eigenvalue weighted by Crippen LogP contribution is -2.29. The van der Waals surface area contributed by atoms with Gasteiger partial charge in [0.25, 0.3) is 0 Å². The molecule has 1 aliphatic rings. The SMILES string of the molecule is CCCCSc1nc2n(n1)C(c1ccco1)C(C(=O)OCC)=C(C)N2. The zero-order chi connectivity index (χ0) is 17.8. The summed E-state index contributed by atoms with van der Waals surface area (Å²) in [5.41, 5.74) is 1.18. The number of thioether (sulfide) groups is 1. The van der Waals surface area contributed by atoms with Crippen molar-refractivity contribution >= 4 is 23.7 Å². The number of unbranched alkanes of at least 4 members (excludes halogenated alkanes) is 1.